The third-order valence-electron chi connectivity index (χ3n) is 1.97. The third-order valence-corrected chi connectivity index (χ3v) is 1.97. The van der Waals surface area contributed by atoms with Gasteiger partial charge < -0.3 is 9.47 Å². The van der Waals surface area contributed by atoms with Crippen LogP contribution in [0, 0.1) is 6.92 Å². The molecule has 0 N–H and O–H groups in total. The predicted octanol–water partition coefficient (Wildman–Crippen LogP) is 3.21. The fraction of sp³-hybridized carbons (Fsp3) is 0.917. The van der Waals surface area contributed by atoms with Crippen LogP contribution in [0.25, 0.3) is 0 Å². The van der Waals surface area contributed by atoms with Crippen LogP contribution in [-0.4, -0.2) is 25.4 Å². The van der Waals surface area contributed by atoms with E-state index in [1.54, 1.807) is 0 Å². The molecule has 0 bridgehead atoms. The summed E-state index contributed by atoms with van der Waals surface area (Å²) in [6, 6.07) is 0. The van der Waals surface area contributed by atoms with E-state index in [0.717, 1.165) is 32.5 Å². The predicted molar refractivity (Wildman–Crippen MR) is 60.3 cm³/mol. The molecule has 2 heteroatoms. The van der Waals surface area contributed by atoms with Gasteiger partial charge in [-0.25, -0.2) is 0 Å². The molecule has 2 nitrogen and oxygen atoms in total. The Morgan fingerprint density at radius 1 is 1.07 bits per heavy atom. The summed E-state index contributed by atoms with van der Waals surface area (Å²) in [5.74, 6) is 0. The highest BCUT2D eigenvalue weighted by Crippen LogP contribution is 2.03. The summed E-state index contributed by atoms with van der Waals surface area (Å²) in [5.41, 5.74) is 0. The fourth-order valence-electron chi connectivity index (χ4n) is 1.11. The van der Waals surface area contributed by atoms with E-state index in [4.69, 9.17) is 9.47 Å². The Labute approximate surface area is 89.0 Å². The first-order chi connectivity index (χ1) is 6.66. The van der Waals surface area contributed by atoms with Crippen LogP contribution < -0.4 is 0 Å². The van der Waals surface area contributed by atoms with E-state index in [-0.39, 0.29) is 6.10 Å². The van der Waals surface area contributed by atoms with Gasteiger partial charge in [-0.05, 0) is 40.0 Å². The van der Waals surface area contributed by atoms with Gasteiger partial charge >= 0.3 is 0 Å². The second-order valence-corrected chi connectivity index (χ2v) is 3.91. The first-order valence-corrected chi connectivity index (χ1v) is 5.73. The van der Waals surface area contributed by atoms with Crippen LogP contribution in [-0.2, 0) is 9.47 Å². The molecule has 1 atom stereocenters. The van der Waals surface area contributed by atoms with E-state index in [0.29, 0.717) is 6.10 Å². The highest BCUT2D eigenvalue weighted by atomic mass is 16.5. The number of ether oxygens (including phenoxy) is 2. The molecule has 0 saturated heterocycles. The SMILES string of the molecule is [CH2]C(CCCOC(C)C)OCCCC. The third kappa shape index (κ3) is 10.0. The van der Waals surface area contributed by atoms with Gasteiger partial charge in [0.1, 0.15) is 0 Å². The van der Waals surface area contributed by atoms with Crippen molar-refractivity contribution in [2.75, 3.05) is 13.2 Å². The molecule has 0 aromatic carbocycles. The molecule has 1 unspecified atom stereocenters. The van der Waals surface area contributed by atoms with Crippen molar-refractivity contribution >= 4 is 0 Å². The largest absolute Gasteiger partial charge is 0.379 e. The van der Waals surface area contributed by atoms with E-state index in [9.17, 15) is 0 Å². The zero-order valence-corrected chi connectivity index (χ0v) is 9.92. The minimum Gasteiger partial charge on any atom is -0.379 e. The minimum atomic E-state index is 0.136. The molecule has 0 aliphatic heterocycles. The quantitative estimate of drug-likeness (QED) is 0.533. The molecular weight excluding hydrogens is 176 g/mol. The van der Waals surface area contributed by atoms with Gasteiger partial charge in [-0.3, -0.25) is 0 Å². The normalized spacial score (nSPS) is 13.5. The number of rotatable bonds is 9. The molecule has 0 amide bonds. The van der Waals surface area contributed by atoms with Gasteiger partial charge in [0.25, 0.3) is 0 Å². The Bertz CT molecular complexity index is 113. The average Bonchev–Trinajstić information content (AvgIpc) is 2.13. The van der Waals surface area contributed by atoms with Gasteiger partial charge in [0.05, 0.1) is 12.2 Å². The summed E-state index contributed by atoms with van der Waals surface area (Å²) in [5, 5.41) is 0. The van der Waals surface area contributed by atoms with Crippen LogP contribution in [0.2, 0.25) is 0 Å². The maximum absolute atomic E-state index is 5.52. The molecule has 14 heavy (non-hydrogen) atoms. The highest BCUT2D eigenvalue weighted by Gasteiger charge is 2.02. The lowest BCUT2D eigenvalue weighted by molar-refractivity contribution is 0.0474. The van der Waals surface area contributed by atoms with E-state index in [1.165, 1.54) is 6.42 Å². The maximum Gasteiger partial charge on any atom is 0.0577 e. The highest BCUT2D eigenvalue weighted by molar-refractivity contribution is 4.59. The van der Waals surface area contributed by atoms with Gasteiger partial charge in [0.15, 0.2) is 0 Å². The summed E-state index contributed by atoms with van der Waals surface area (Å²) in [7, 11) is 0. The summed E-state index contributed by atoms with van der Waals surface area (Å²) < 4.78 is 11.0. The van der Waals surface area contributed by atoms with Crippen molar-refractivity contribution in [3.63, 3.8) is 0 Å². The fourth-order valence-corrected chi connectivity index (χ4v) is 1.11. The standard InChI is InChI=1S/C12H25O2/c1-5-6-9-14-12(4)8-7-10-13-11(2)3/h11-12H,4-10H2,1-3H3. The van der Waals surface area contributed by atoms with Crippen LogP contribution in [0.15, 0.2) is 0 Å². The summed E-state index contributed by atoms with van der Waals surface area (Å²) in [6.45, 7) is 11.9. The molecule has 0 aromatic heterocycles. The van der Waals surface area contributed by atoms with Gasteiger partial charge in [-0.1, -0.05) is 13.3 Å². The van der Waals surface area contributed by atoms with Gasteiger partial charge in [-0.2, -0.15) is 0 Å². The molecule has 0 aliphatic carbocycles. The minimum absolute atomic E-state index is 0.136. The smallest absolute Gasteiger partial charge is 0.0577 e. The molecule has 1 radical (unpaired) electrons. The van der Waals surface area contributed by atoms with E-state index in [1.807, 2.05) is 0 Å². The number of hydrogen-bond donors (Lipinski definition) is 0. The Hall–Kier alpha value is -0.0800. The van der Waals surface area contributed by atoms with Crippen molar-refractivity contribution in [3.05, 3.63) is 6.92 Å². The molecule has 0 heterocycles. The van der Waals surface area contributed by atoms with Crippen molar-refractivity contribution in [1.29, 1.82) is 0 Å². The van der Waals surface area contributed by atoms with Crippen molar-refractivity contribution in [2.45, 2.75) is 58.7 Å². The molecule has 85 valence electrons. The molecule has 0 rings (SSSR count). The lowest BCUT2D eigenvalue weighted by Crippen LogP contribution is -2.12. The molecule has 0 spiro atoms. The summed E-state index contributed by atoms with van der Waals surface area (Å²) >= 11 is 0. The lowest BCUT2D eigenvalue weighted by atomic mass is 10.2. The Kier molecular flexibility index (Phi) is 9.42. The molecule has 0 fully saturated rings. The maximum atomic E-state index is 5.52. The Morgan fingerprint density at radius 3 is 2.29 bits per heavy atom. The van der Waals surface area contributed by atoms with Crippen molar-refractivity contribution in [2.24, 2.45) is 0 Å². The summed E-state index contributed by atoms with van der Waals surface area (Å²) in [6.07, 6.45) is 4.82. The molecular formula is C12H25O2. The van der Waals surface area contributed by atoms with E-state index in [2.05, 4.69) is 27.7 Å². The second-order valence-electron chi connectivity index (χ2n) is 3.91. The average molecular weight is 201 g/mol. The zero-order chi connectivity index (χ0) is 10.8. The van der Waals surface area contributed by atoms with Crippen molar-refractivity contribution in [3.8, 4) is 0 Å². The Morgan fingerprint density at radius 2 is 1.71 bits per heavy atom. The van der Waals surface area contributed by atoms with Crippen LogP contribution in [0.4, 0.5) is 0 Å². The first-order valence-electron chi connectivity index (χ1n) is 5.73. The Balaban J connectivity index is 3.14. The van der Waals surface area contributed by atoms with E-state index < -0.39 is 0 Å². The van der Waals surface area contributed by atoms with Crippen molar-refractivity contribution < 1.29 is 9.47 Å². The lowest BCUT2D eigenvalue weighted by Gasteiger charge is -2.13. The van der Waals surface area contributed by atoms with Gasteiger partial charge in [0, 0.05) is 13.2 Å². The summed E-state index contributed by atoms with van der Waals surface area (Å²) in [4.78, 5) is 0. The first kappa shape index (κ1) is 13.9. The number of unbranched alkanes of at least 4 members (excludes halogenated alkanes) is 1. The van der Waals surface area contributed by atoms with Gasteiger partial charge in [-0.15, -0.1) is 0 Å². The molecule has 0 aliphatic rings. The second kappa shape index (κ2) is 9.47. The zero-order valence-electron chi connectivity index (χ0n) is 9.92. The van der Waals surface area contributed by atoms with Crippen LogP contribution in [0.1, 0.15) is 46.5 Å². The number of hydrogen-bond acceptors (Lipinski definition) is 2. The molecule has 0 aromatic rings. The van der Waals surface area contributed by atoms with Crippen molar-refractivity contribution in [1.82, 2.24) is 0 Å². The van der Waals surface area contributed by atoms with Gasteiger partial charge in [0.2, 0.25) is 0 Å². The van der Waals surface area contributed by atoms with E-state index >= 15 is 0 Å². The van der Waals surface area contributed by atoms with Crippen LogP contribution in [0.3, 0.4) is 0 Å². The molecule has 0 saturated carbocycles. The monoisotopic (exact) mass is 201 g/mol. The topological polar surface area (TPSA) is 18.5 Å². The van der Waals surface area contributed by atoms with Crippen LogP contribution in [0.5, 0.6) is 0 Å². The van der Waals surface area contributed by atoms with Crippen LogP contribution >= 0.6 is 0 Å².